The number of amides is 3. The molecule has 0 fully saturated rings. The fourth-order valence-electron chi connectivity index (χ4n) is 4.49. The predicted octanol–water partition coefficient (Wildman–Crippen LogP) is 3.87. The molecule has 3 aromatic carbocycles. The molecular formula is C29H34N4O6S. The number of nitrogens with one attached hydrogen (secondary N) is 2. The quantitative estimate of drug-likeness (QED) is 0.380. The van der Waals surface area contributed by atoms with Gasteiger partial charge < -0.3 is 25.4 Å². The molecule has 10 nitrogen and oxygen atoms in total. The third-order valence-corrected chi connectivity index (χ3v) is 8.70. The molecule has 0 saturated carbocycles. The number of aliphatic hydroxyl groups is 1. The molecule has 0 spiro atoms. The van der Waals surface area contributed by atoms with Crippen LogP contribution in [0.3, 0.4) is 0 Å². The van der Waals surface area contributed by atoms with E-state index in [1.54, 1.807) is 72.5 Å². The number of carbonyl (C=O) groups is 2. The van der Waals surface area contributed by atoms with Gasteiger partial charge in [0, 0.05) is 25.2 Å². The lowest BCUT2D eigenvalue weighted by Crippen LogP contribution is -2.50. The Morgan fingerprint density at radius 2 is 1.70 bits per heavy atom. The van der Waals surface area contributed by atoms with Crippen LogP contribution in [0, 0.1) is 5.92 Å². The number of hydrogen-bond acceptors (Lipinski definition) is 6. The lowest BCUT2D eigenvalue weighted by atomic mass is 9.99. The molecule has 0 aliphatic carbocycles. The molecule has 1 aliphatic heterocycles. The summed E-state index contributed by atoms with van der Waals surface area (Å²) in [6.07, 6.45) is -0.691. The molecule has 40 heavy (non-hydrogen) atoms. The van der Waals surface area contributed by atoms with Crippen LogP contribution in [-0.4, -0.2) is 73.6 Å². The van der Waals surface area contributed by atoms with Gasteiger partial charge in [-0.3, -0.25) is 4.79 Å². The first-order valence-corrected chi connectivity index (χ1v) is 14.4. The minimum Gasteiger partial charge on any atom is -0.486 e. The molecule has 0 bridgehead atoms. The van der Waals surface area contributed by atoms with Crippen LogP contribution >= 0.6 is 0 Å². The highest BCUT2D eigenvalue weighted by atomic mass is 32.2. The van der Waals surface area contributed by atoms with E-state index in [9.17, 15) is 23.1 Å². The highest BCUT2D eigenvalue weighted by Gasteiger charge is 2.36. The summed E-state index contributed by atoms with van der Waals surface area (Å²) in [7, 11) is -2.34. The first-order valence-electron chi connectivity index (χ1n) is 13.0. The standard InChI is InChI=1S/C29H34N4O6S/c1-20-17-33(21(2)19-34)28(35)24-15-10-16-25(31-29(36)30-22-11-6-4-7-12-22)27(24)39-26(20)18-32(3)40(37,38)23-13-8-5-9-14-23/h4-16,20-21,26,34H,17-19H2,1-3H3,(H2,30,31,36)/t20-,21+,26-/m0/s1. The SMILES string of the molecule is C[C@H](CO)N1C[C@H](C)[C@H](CN(C)S(=O)(=O)c2ccccc2)Oc2c(NC(=O)Nc3ccccc3)cccc2C1=O. The van der Waals surface area contributed by atoms with Gasteiger partial charge in [0.05, 0.1) is 35.3 Å². The molecule has 1 aliphatic rings. The molecule has 3 amide bonds. The monoisotopic (exact) mass is 566 g/mol. The number of carbonyl (C=O) groups excluding carboxylic acids is 2. The van der Waals surface area contributed by atoms with E-state index in [4.69, 9.17) is 4.74 Å². The van der Waals surface area contributed by atoms with Crippen molar-refractivity contribution in [2.75, 3.05) is 37.4 Å². The Hall–Kier alpha value is -3.93. The number of benzene rings is 3. The number of rotatable bonds is 8. The minimum absolute atomic E-state index is 0.0160. The Balaban J connectivity index is 1.69. The molecule has 3 N–H and O–H groups in total. The van der Waals surface area contributed by atoms with Crippen molar-refractivity contribution < 1.29 is 27.9 Å². The van der Waals surface area contributed by atoms with Crippen LogP contribution in [0.5, 0.6) is 5.75 Å². The van der Waals surface area contributed by atoms with Gasteiger partial charge in [0.2, 0.25) is 10.0 Å². The maximum atomic E-state index is 13.6. The van der Waals surface area contributed by atoms with Gasteiger partial charge in [-0.05, 0) is 43.3 Å². The number of sulfonamides is 1. The van der Waals surface area contributed by atoms with Crippen LogP contribution in [0.1, 0.15) is 24.2 Å². The molecule has 0 radical (unpaired) electrons. The number of aliphatic hydroxyl groups excluding tert-OH is 1. The van der Waals surface area contributed by atoms with Gasteiger partial charge in [-0.15, -0.1) is 0 Å². The summed E-state index contributed by atoms with van der Waals surface area (Å²) < 4.78 is 34.2. The molecule has 4 rings (SSSR count). The van der Waals surface area contributed by atoms with Crippen molar-refractivity contribution >= 4 is 33.3 Å². The largest absolute Gasteiger partial charge is 0.486 e. The Labute approximate surface area is 234 Å². The van der Waals surface area contributed by atoms with Gasteiger partial charge in [-0.1, -0.05) is 49.4 Å². The fraction of sp³-hybridized carbons (Fsp3) is 0.310. The van der Waals surface area contributed by atoms with Crippen molar-refractivity contribution in [2.24, 2.45) is 5.92 Å². The van der Waals surface area contributed by atoms with Crippen LogP contribution in [0.2, 0.25) is 0 Å². The maximum absolute atomic E-state index is 13.6. The number of ether oxygens (including phenoxy) is 1. The Morgan fingerprint density at radius 1 is 1.05 bits per heavy atom. The number of para-hydroxylation sites is 2. The zero-order chi connectivity index (χ0) is 28.9. The molecule has 0 saturated heterocycles. The van der Waals surface area contributed by atoms with Gasteiger partial charge >= 0.3 is 6.03 Å². The summed E-state index contributed by atoms with van der Waals surface area (Å²) in [5, 5.41) is 15.4. The van der Waals surface area contributed by atoms with Crippen LogP contribution in [0.25, 0.3) is 0 Å². The van der Waals surface area contributed by atoms with Gasteiger partial charge in [-0.2, -0.15) is 4.31 Å². The van der Waals surface area contributed by atoms with E-state index < -0.39 is 28.2 Å². The Kier molecular flexibility index (Phi) is 9.08. The van der Waals surface area contributed by atoms with Crippen LogP contribution in [0.15, 0.2) is 83.8 Å². The van der Waals surface area contributed by atoms with E-state index in [-0.39, 0.29) is 53.4 Å². The average Bonchev–Trinajstić information content (AvgIpc) is 2.95. The van der Waals surface area contributed by atoms with Crippen molar-refractivity contribution in [1.82, 2.24) is 9.21 Å². The molecule has 3 atom stereocenters. The summed E-state index contributed by atoms with van der Waals surface area (Å²) in [4.78, 5) is 28.2. The van der Waals surface area contributed by atoms with E-state index >= 15 is 0 Å². The second-order valence-corrected chi connectivity index (χ2v) is 11.9. The highest BCUT2D eigenvalue weighted by Crippen LogP contribution is 2.35. The Bertz CT molecular complexity index is 1440. The first-order chi connectivity index (χ1) is 19.1. The topological polar surface area (TPSA) is 128 Å². The summed E-state index contributed by atoms with van der Waals surface area (Å²) in [5.41, 5.74) is 1.03. The van der Waals surface area contributed by atoms with Crippen LogP contribution < -0.4 is 15.4 Å². The highest BCUT2D eigenvalue weighted by molar-refractivity contribution is 7.89. The maximum Gasteiger partial charge on any atom is 0.323 e. The molecular weight excluding hydrogens is 532 g/mol. The molecule has 0 aromatic heterocycles. The van der Waals surface area contributed by atoms with Gasteiger partial charge in [-0.25, -0.2) is 13.2 Å². The second-order valence-electron chi connectivity index (χ2n) is 9.85. The summed E-state index contributed by atoms with van der Waals surface area (Å²) in [6, 6.07) is 20.8. The van der Waals surface area contributed by atoms with Crippen molar-refractivity contribution in [3.63, 3.8) is 0 Å². The van der Waals surface area contributed by atoms with E-state index in [0.717, 1.165) is 0 Å². The Morgan fingerprint density at radius 3 is 2.35 bits per heavy atom. The number of fused-ring (bicyclic) bond motifs is 1. The van der Waals surface area contributed by atoms with Gasteiger partial charge in [0.25, 0.3) is 5.91 Å². The average molecular weight is 567 g/mol. The van der Waals surface area contributed by atoms with Crippen molar-refractivity contribution in [2.45, 2.75) is 30.9 Å². The predicted molar refractivity (Wildman–Crippen MR) is 153 cm³/mol. The zero-order valence-corrected chi connectivity index (χ0v) is 23.5. The van der Waals surface area contributed by atoms with E-state index in [1.807, 2.05) is 13.0 Å². The molecule has 212 valence electrons. The van der Waals surface area contributed by atoms with Gasteiger partial charge in [0.1, 0.15) is 6.10 Å². The van der Waals surface area contributed by atoms with Crippen molar-refractivity contribution in [1.29, 1.82) is 0 Å². The minimum atomic E-state index is -3.82. The molecule has 11 heteroatoms. The van der Waals surface area contributed by atoms with E-state index in [0.29, 0.717) is 5.69 Å². The molecule has 1 heterocycles. The van der Waals surface area contributed by atoms with E-state index in [1.165, 1.54) is 23.5 Å². The number of anilines is 2. The van der Waals surface area contributed by atoms with E-state index in [2.05, 4.69) is 10.6 Å². The summed E-state index contributed by atoms with van der Waals surface area (Å²) in [5.74, 6) is -0.558. The number of urea groups is 1. The number of hydrogen-bond donors (Lipinski definition) is 3. The van der Waals surface area contributed by atoms with Crippen LogP contribution in [-0.2, 0) is 10.0 Å². The third-order valence-electron chi connectivity index (χ3n) is 6.86. The van der Waals surface area contributed by atoms with Gasteiger partial charge in [0.15, 0.2) is 5.75 Å². The lowest BCUT2D eigenvalue weighted by molar-refractivity contribution is 0.0389. The molecule has 0 unspecified atom stereocenters. The lowest BCUT2D eigenvalue weighted by Gasteiger charge is -2.38. The second kappa shape index (κ2) is 12.5. The fourth-order valence-corrected chi connectivity index (χ4v) is 5.69. The third kappa shape index (κ3) is 6.44. The number of likely N-dealkylation sites (N-methyl/N-ethyl adjacent to an activating group) is 1. The zero-order valence-electron chi connectivity index (χ0n) is 22.7. The summed E-state index contributed by atoms with van der Waals surface area (Å²) >= 11 is 0. The summed E-state index contributed by atoms with van der Waals surface area (Å²) in [6.45, 7) is 3.57. The van der Waals surface area contributed by atoms with Crippen LogP contribution in [0.4, 0.5) is 16.2 Å². The number of nitrogens with zero attached hydrogens (tertiary/aromatic N) is 2. The first kappa shape index (κ1) is 29.1. The smallest absolute Gasteiger partial charge is 0.323 e. The van der Waals surface area contributed by atoms with Crippen molar-refractivity contribution in [3.05, 3.63) is 84.4 Å². The molecule has 3 aromatic rings. The normalized spacial score (nSPS) is 18.2. The van der Waals surface area contributed by atoms with Crippen molar-refractivity contribution in [3.8, 4) is 5.75 Å².